The van der Waals surface area contributed by atoms with Gasteiger partial charge in [-0.15, -0.1) is 0 Å². The molecule has 1 aliphatic carbocycles. The van der Waals surface area contributed by atoms with Crippen LogP contribution in [0.3, 0.4) is 0 Å². The quantitative estimate of drug-likeness (QED) is 0.711. The Labute approximate surface area is 173 Å². The third kappa shape index (κ3) is 3.22. The summed E-state index contributed by atoms with van der Waals surface area (Å²) in [6, 6.07) is 9.36. The minimum absolute atomic E-state index is 0.281. The largest absolute Gasteiger partial charge is 0.333 e. The lowest BCUT2D eigenvalue weighted by atomic mass is 9.84. The number of aromatic amines is 1. The van der Waals surface area contributed by atoms with Crippen molar-refractivity contribution in [2.24, 2.45) is 0 Å². The number of alkyl halides is 1. The number of H-pyrrole nitrogens is 1. The second kappa shape index (κ2) is 7.70. The zero-order valence-electron chi connectivity index (χ0n) is 16.8. The van der Waals surface area contributed by atoms with Crippen LogP contribution in [0.5, 0.6) is 0 Å². The van der Waals surface area contributed by atoms with Crippen molar-refractivity contribution in [1.82, 2.24) is 19.5 Å². The standard InChI is InChI=1S/C23H25FN4O2/c24-13-18-10-11-27(18)23(30)19-14-25-28-21(29)12-20(26-22(19)28)17-8-6-16(7-9-17)15-4-2-1-3-5-15/h6-9,12,14-15,18,25H,1-5,10-11,13H2. The highest BCUT2D eigenvalue weighted by molar-refractivity contribution is 6.00. The normalized spacial score (nSPS) is 19.8. The first kappa shape index (κ1) is 19.0. The fraction of sp³-hybridized carbons (Fsp3) is 0.435. The van der Waals surface area contributed by atoms with Crippen molar-refractivity contribution in [3.63, 3.8) is 0 Å². The van der Waals surface area contributed by atoms with E-state index in [-0.39, 0.29) is 23.2 Å². The summed E-state index contributed by atoms with van der Waals surface area (Å²) in [6.07, 6.45) is 8.50. The van der Waals surface area contributed by atoms with E-state index in [0.717, 1.165) is 5.56 Å². The minimum Gasteiger partial charge on any atom is -0.333 e. The van der Waals surface area contributed by atoms with Crippen molar-refractivity contribution in [1.29, 1.82) is 0 Å². The Morgan fingerprint density at radius 1 is 1.13 bits per heavy atom. The second-order valence-electron chi connectivity index (χ2n) is 8.38. The van der Waals surface area contributed by atoms with E-state index >= 15 is 0 Å². The van der Waals surface area contributed by atoms with Crippen molar-refractivity contribution < 1.29 is 9.18 Å². The van der Waals surface area contributed by atoms with Crippen LogP contribution in [0.25, 0.3) is 16.9 Å². The molecule has 1 aromatic carbocycles. The predicted octanol–water partition coefficient (Wildman–Crippen LogP) is 3.92. The first-order valence-electron chi connectivity index (χ1n) is 10.7. The maximum absolute atomic E-state index is 13.0. The molecule has 0 spiro atoms. The van der Waals surface area contributed by atoms with Gasteiger partial charge in [-0.1, -0.05) is 43.5 Å². The molecule has 2 aliphatic rings. The van der Waals surface area contributed by atoms with Crippen LogP contribution in [0.2, 0.25) is 0 Å². The number of aromatic nitrogens is 3. The first-order chi connectivity index (χ1) is 14.7. The van der Waals surface area contributed by atoms with Gasteiger partial charge >= 0.3 is 0 Å². The summed E-state index contributed by atoms with van der Waals surface area (Å²) in [5.41, 5.74) is 3.02. The smallest absolute Gasteiger partial charge is 0.273 e. The summed E-state index contributed by atoms with van der Waals surface area (Å²) < 4.78 is 14.3. The summed E-state index contributed by atoms with van der Waals surface area (Å²) in [5, 5.41) is 2.80. The fourth-order valence-electron chi connectivity index (χ4n) is 4.67. The van der Waals surface area contributed by atoms with Gasteiger partial charge in [-0.25, -0.2) is 13.9 Å². The maximum Gasteiger partial charge on any atom is 0.273 e. The lowest BCUT2D eigenvalue weighted by Crippen LogP contribution is -2.52. The third-order valence-electron chi connectivity index (χ3n) is 6.59. The number of nitrogens with one attached hydrogen (secondary N) is 1. The van der Waals surface area contributed by atoms with E-state index in [9.17, 15) is 14.0 Å². The molecule has 2 aromatic heterocycles. The lowest BCUT2D eigenvalue weighted by molar-refractivity contribution is 0.0404. The number of hydrogen-bond acceptors (Lipinski definition) is 3. The summed E-state index contributed by atoms with van der Waals surface area (Å²) in [5.74, 6) is 0.321. The van der Waals surface area contributed by atoms with Crippen LogP contribution in [0.1, 0.15) is 60.4 Å². The van der Waals surface area contributed by atoms with E-state index in [1.54, 1.807) is 0 Å². The van der Waals surface area contributed by atoms with Gasteiger partial charge in [-0.3, -0.25) is 14.7 Å². The van der Waals surface area contributed by atoms with Gasteiger partial charge in [-0.2, -0.15) is 0 Å². The molecule has 3 aromatic rings. The van der Waals surface area contributed by atoms with Crippen molar-refractivity contribution in [2.75, 3.05) is 13.2 Å². The predicted molar refractivity (Wildman–Crippen MR) is 112 cm³/mol. The Morgan fingerprint density at radius 2 is 1.90 bits per heavy atom. The molecule has 1 saturated heterocycles. The summed E-state index contributed by atoms with van der Waals surface area (Å²) in [4.78, 5) is 31.6. The van der Waals surface area contributed by atoms with Crippen LogP contribution >= 0.6 is 0 Å². The number of benzene rings is 1. The average molecular weight is 408 g/mol. The maximum atomic E-state index is 13.0. The molecule has 0 radical (unpaired) electrons. The van der Waals surface area contributed by atoms with Gasteiger partial charge in [0, 0.05) is 24.4 Å². The SMILES string of the molecule is O=C(c1c[nH]n2c(=O)cc(-c3ccc(C4CCCCC4)cc3)nc12)N1CCC1CF. The zero-order chi connectivity index (χ0) is 20.7. The van der Waals surface area contributed by atoms with E-state index in [1.807, 2.05) is 12.1 Å². The highest BCUT2D eigenvalue weighted by Crippen LogP contribution is 2.33. The van der Waals surface area contributed by atoms with Crippen LogP contribution < -0.4 is 5.56 Å². The van der Waals surface area contributed by atoms with Gasteiger partial charge in [0.25, 0.3) is 11.5 Å². The molecule has 30 heavy (non-hydrogen) atoms. The van der Waals surface area contributed by atoms with Gasteiger partial charge in [0.2, 0.25) is 0 Å². The van der Waals surface area contributed by atoms with E-state index in [1.165, 1.54) is 59.3 Å². The Kier molecular flexibility index (Phi) is 4.89. The molecule has 5 rings (SSSR count). The number of rotatable bonds is 4. The number of hydrogen-bond donors (Lipinski definition) is 1. The van der Waals surface area contributed by atoms with E-state index in [4.69, 9.17) is 0 Å². The monoisotopic (exact) mass is 408 g/mol. The number of carbonyl (C=O) groups excluding carboxylic acids is 1. The number of likely N-dealkylation sites (tertiary alicyclic amines) is 1. The van der Waals surface area contributed by atoms with Crippen LogP contribution in [0.15, 0.2) is 41.3 Å². The average Bonchev–Trinajstić information content (AvgIpc) is 3.19. The molecule has 0 bridgehead atoms. The molecular weight excluding hydrogens is 383 g/mol. The topological polar surface area (TPSA) is 70.5 Å². The molecule has 2 fully saturated rings. The van der Waals surface area contributed by atoms with E-state index in [2.05, 4.69) is 22.2 Å². The number of halogens is 1. The molecule has 1 N–H and O–H groups in total. The van der Waals surface area contributed by atoms with Crippen molar-refractivity contribution in [3.8, 4) is 11.3 Å². The first-order valence-corrected chi connectivity index (χ1v) is 10.7. The molecule has 3 heterocycles. The highest BCUT2D eigenvalue weighted by Gasteiger charge is 2.34. The van der Waals surface area contributed by atoms with Gasteiger partial charge in [0.1, 0.15) is 12.2 Å². The van der Waals surface area contributed by atoms with Crippen LogP contribution in [0.4, 0.5) is 4.39 Å². The van der Waals surface area contributed by atoms with Gasteiger partial charge in [-0.05, 0) is 30.7 Å². The molecule has 6 nitrogen and oxygen atoms in total. The summed E-state index contributed by atoms with van der Waals surface area (Å²) in [7, 11) is 0. The summed E-state index contributed by atoms with van der Waals surface area (Å²) in [6.45, 7) is -0.0304. The molecule has 1 atom stereocenters. The van der Waals surface area contributed by atoms with Gasteiger partial charge < -0.3 is 4.90 Å². The highest BCUT2D eigenvalue weighted by atomic mass is 19.1. The zero-order valence-corrected chi connectivity index (χ0v) is 16.8. The Balaban J connectivity index is 1.48. The lowest BCUT2D eigenvalue weighted by Gasteiger charge is -2.39. The number of carbonyl (C=O) groups is 1. The number of fused-ring (bicyclic) bond motifs is 1. The molecule has 1 saturated carbocycles. The second-order valence-corrected chi connectivity index (χ2v) is 8.38. The van der Waals surface area contributed by atoms with Gasteiger partial charge in [0.05, 0.1) is 11.7 Å². The van der Waals surface area contributed by atoms with Crippen LogP contribution in [0, 0.1) is 0 Å². The molecular formula is C23H25FN4O2. The van der Waals surface area contributed by atoms with Crippen molar-refractivity contribution >= 4 is 11.6 Å². The van der Waals surface area contributed by atoms with Crippen LogP contribution in [-0.4, -0.2) is 44.7 Å². The fourth-order valence-corrected chi connectivity index (χ4v) is 4.67. The van der Waals surface area contributed by atoms with Crippen LogP contribution in [-0.2, 0) is 0 Å². The summed E-state index contributed by atoms with van der Waals surface area (Å²) >= 11 is 0. The molecule has 156 valence electrons. The Morgan fingerprint density at radius 3 is 2.57 bits per heavy atom. The molecule has 1 amide bonds. The molecule has 1 unspecified atom stereocenters. The third-order valence-corrected chi connectivity index (χ3v) is 6.59. The Hall–Kier alpha value is -2.96. The van der Waals surface area contributed by atoms with Crippen molar-refractivity contribution in [2.45, 2.75) is 50.5 Å². The number of nitrogens with zero attached hydrogens (tertiary/aromatic N) is 3. The van der Waals surface area contributed by atoms with E-state index < -0.39 is 6.67 Å². The number of amides is 1. The van der Waals surface area contributed by atoms with Gasteiger partial charge in [0.15, 0.2) is 5.65 Å². The van der Waals surface area contributed by atoms with E-state index in [0.29, 0.717) is 30.1 Å². The Bertz CT molecular complexity index is 1130. The molecule has 1 aliphatic heterocycles. The minimum atomic E-state index is -0.555. The van der Waals surface area contributed by atoms with Crippen molar-refractivity contribution in [3.05, 3.63) is 58.0 Å². The molecule has 7 heteroatoms.